The number of amides is 1. The minimum absolute atomic E-state index is 0.0208. The molecule has 1 aromatic carbocycles. The Morgan fingerprint density at radius 2 is 1.95 bits per heavy atom. The molecule has 1 N–H and O–H groups in total. The number of hydrogen-bond acceptors (Lipinski definition) is 3. The van der Waals surface area contributed by atoms with Crippen LogP contribution in [0, 0.1) is 0 Å². The highest BCUT2D eigenvalue weighted by atomic mass is 16.5. The molecule has 1 heterocycles. The number of carbonyl (C=O) groups excluding carboxylic acids is 1. The summed E-state index contributed by atoms with van der Waals surface area (Å²) in [6.07, 6.45) is 0.0208. The maximum absolute atomic E-state index is 12.6. The van der Waals surface area contributed by atoms with Crippen LogP contribution in [0.4, 0.5) is 0 Å². The Morgan fingerprint density at radius 3 is 2.55 bits per heavy atom. The van der Waals surface area contributed by atoms with Gasteiger partial charge in [-0.3, -0.25) is 10.1 Å². The van der Waals surface area contributed by atoms with Crippen molar-refractivity contribution in [1.82, 2.24) is 10.2 Å². The van der Waals surface area contributed by atoms with E-state index in [1.165, 1.54) is 0 Å². The summed E-state index contributed by atoms with van der Waals surface area (Å²) in [5.41, 5.74) is 0.687. The van der Waals surface area contributed by atoms with Crippen molar-refractivity contribution < 1.29 is 9.53 Å². The van der Waals surface area contributed by atoms with E-state index in [2.05, 4.69) is 5.32 Å². The molecular formula is C16H24N2O2. The number of benzene rings is 1. The summed E-state index contributed by atoms with van der Waals surface area (Å²) < 4.78 is 5.71. The minimum atomic E-state index is -0.327. The largest absolute Gasteiger partial charge is 0.374 e. The zero-order valence-electron chi connectivity index (χ0n) is 12.7. The summed E-state index contributed by atoms with van der Waals surface area (Å²) in [4.78, 5) is 14.5. The third kappa shape index (κ3) is 3.19. The van der Waals surface area contributed by atoms with Crippen LogP contribution in [0.5, 0.6) is 0 Å². The molecule has 1 amide bonds. The molecule has 1 fully saturated rings. The fourth-order valence-electron chi connectivity index (χ4n) is 2.70. The van der Waals surface area contributed by atoms with E-state index in [4.69, 9.17) is 4.74 Å². The number of nitrogens with zero attached hydrogens (tertiary/aromatic N) is 1. The lowest BCUT2D eigenvalue weighted by Crippen LogP contribution is -2.45. The first-order chi connectivity index (χ1) is 9.44. The average Bonchev–Trinajstić information content (AvgIpc) is 2.67. The second-order valence-electron chi connectivity index (χ2n) is 5.85. The quantitative estimate of drug-likeness (QED) is 0.897. The Balaban J connectivity index is 2.11. The van der Waals surface area contributed by atoms with Gasteiger partial charge in [-0.1, -0.05) is 30.3 Å². The van der Waals surface area contributed by atoms with Crippen LogP contribution < -0.4 is 5.32 Å². The van der Waals surface area contributed by atoms with E-state index >= 15 is 0 Å². The van der Waals surface area contributed by atoms with E-state index in [9.17, 15) is 4.79 Å². The second kappa shape index (κ2) is 5.94. The molecule has 2 rings (SSSR count). The highest BCUT2D eigenvalue weighted by Gasteiger charge is 2.39. The third-order valence-corrected chi connectivity index (χ3v) is 3.62. The average molecular weight is 276 g/mol. The molecule has 20 heavy (non-hydrogen) atoms. The molecule has 0 saturated carbocycles. The van der Waals surface area contributed by atoms with Gasteiger partial charge in [0.1, 0.15) is 6.04 Å². The van der Waals surface area contributed by atoms with Crippen LogP contribution in [-0.4, -0.2) is 35.7 Å². The molecule has 0 spiro atoms. The molecule has 0 bridgehead atoms. The molecule has 2 atom stereocenters. The first kappa shape index (κ1) is 15.0. The number of nitrogens with one attached hydrogen (secondary N) is 1. The van der Waals surface area contributed by atoms with Crippen molar-refractivity contribution in [1.29, 1.82) is 0 Å². The summed E-state index contributed by atoms with van der Waals surface area (Å²) >= 11 is 0. The molecule has 4 heteroatoms. The van der Waals surface area contributed by atoms with Crippen LogP contribution in [0.2, 0.25) is 0 Å². The van der Waals surface area contributed by atoms with Gasteiger partial charge in [0.05, 0.1) is 18.3 Å². The summed E-state index contributed by atoms with van der Waals surface area (Å²) in [5, 5.41) is 3.36. The van der Waals surface area contributed by atoms with E-state index in [0.717, 1.165) is 5.56 Å². The van der Waals surface area contributed by atoms with Gasteiger partial charge in [0, 0.05) is 6.61 Å². The fraction of sp³-hybridized carbons (Fsp3) is 0.562. The van der Waals surface area contributed by atoms with E-state index in [1.54, 1.807) is 0 Å². The smallest absolute Gasteiger partial charge is 0.245 e. The molecule has 0 aliphatic carbocycles. The van der Waals surface area contributed by atoms with Crippen LogP contribution in [0.15, 0.2) is 30.3 Å². The zero-order valence-corrected chi connectivity index (χ0v) is 12.7. The SMILES string of the molecule is CCOC(C)(C)CN1C(=O)C(c2ccccc2)NC1C. The minimum Gasteiger partial charge on any atom is -0.374 e. The van der Waals surface area contributed by atoms with Gasteiger partial charge >= 0.3 is 0 Å². The second-order valence-corrected chi connectivity index (χ2v) is 5.85. The lowest BCUT2D eigenvalue weighted by Gasteiger charge is -2.32. The third-order valence-electron chi connectivity index (χ3n) is 3.62. The van der Waals surface area contributed by atoms with E-state index in [-0.39, 0.29) is 23.7 Å². The maximum Gasteiger partial charge on any atom is 0.245 e. The van der Waals surface area contributed by atoms with Crippen molar-refractivity contribution >= 4 is 5.91 Å². The van der Waals surface area contributed by atoms with Crippen molar-refractivity contribution in [3.63, 3.8) is 0 Å². The van der Waals surface area contributed by atoms with Crippen LogP contribution in [0.1, 0.15) is 39.3 Å². The van der Waals surface area contributed by atoms with Gasteiger partial charge in [-0.25, -0.2) is 0 Å². The highest BCUT2D eigenvalue weighted by Crippen LogP contribution is 2.26. The molecule has 0 radical (unpaired) electrons. The molecule has 1 aliphatic heterocycles. The maximum atomic E-state index is 12.6. The number of ether oxygens (including phenoxy) is 1. The van der Waals surface area contributed by atoms with Crippen molar-refractivity contribution in [3.8, 4) is 0 Å². The highest BCUT2D eigenvalue weighted by molar-refractivity contribution is 5.85. The van der Waals surface area contributed by atoms with Crippen molar-refractivity contribution in [2.24, 2.45) is 0 Å². The Bertz CT molecular complexity index is 459. The summed E-state index contributed by atoms with van der Waals surface area (Å²) in [6.45, 7) is 9.28. The number of rotatable bonds is 5. The van der Waals surface area contributed by atoms with Gasteiger partial charge in [-0.05, 0) is 33.3 Å². The zero-order chi connectivity index (χ0) is 14.8. The van der Waals surface area contributed by atoms with Gasteiger partial charge in [-0.2, -0.15) is 0 Å². The lowest BCUT2D eigenvalue weighted by molar-refractivity contribution is -0.134. The van der Waals surface area contributed by atoms with Crippen LogP contribution in [-0.2, 0) is 9.53 Å². The molecule has 1 aromatic rings. The lowest BCUT2D eigenvalue weighted by atomic mass is 10.1. The van der Waals surface area contributed by atoms with Crippen molar-refractivity contribution in [2.45, 2.75) is 45.5 Å². The summed E-state index contributed by atoms with van der Waals surface area (Å²) in [5.74, 6) is 0.122. The predicted molar refractivity (Wildman–Crippen MR) is 79.2 cm³/mol. The molecule has 0 aromatic heterocycles. The van der Waals surface area contributed by atoms with Crippen LogP contribution >= 0.6 is 0 Å². The standard InChI is InChI=1S/C16H24N2O2/c1-5-20-16(3,4)11-18-12(2)17-14(15(18)19)13-9-7-6-8-10-13/h6-10,12,14,17H,5,11H2,1-4H3. The van der Waals surface area contributed by atoms with Gasteiger partial charge < -0.3 is 9.64 Å². The molecule has 1 saturated heterocycles. The van der Waals surface area contributed by atoms with Gasteiger partial charge in [0.2, 0.25) is 5.91 Å². The number of hydrogen-bond donors (Lipinski definition) is 1. The van der Waals surface area contributed by atoms with Crippen molar-refractivity contribution in [3.05, 3.63) is 35.9 Å². The Hall–Kier alpha value is -1.39. The Kier molecular flexibility index (Phi) is 4.45. The van der Waals surface area contributed by atoms with E-state index in [1.807, 2.05) is 62.9 Å². The van der Waals surface area contributed by atoms with Crippen LogP contribution in [0.3, 0.4) is 0 Å². The summed E-state index contributed by atoms with van der Waals surface area (Å²) in [7, 11) is 0. The normalized spacial score (nSPS) is 23.4. The molecule has 4 nitrogen and oxygen atoms in total. The van der Waals surface area contributed by atoms with Gasteiger partial charge in [0.15, 0.2) is 0 Å². The van der Waals surface area contributed by atoms with E-state index < -0.39 is 0 Å². The first-order valence-corrected chi connectivity index (χ1v) is 7.20. The van der Waals surface area contributed by atoms with E-state index in [0.29, 0.717) is 13.2 Å². The Morgan fingerprint density at radius 1 is 1.30 bits per heavy atom. The molecule has 110 valence electrons. The summed E-state index contributed by atoms with van der Waals surface area (Å²) in [6, 6.07) is 9.61. The topological polar surface area (TPSA) is 41.6 Å². The van der Waals surface area contributed by atoms with Gasteiger partial charge in [0.25, 0.3) is 0 Å². The molecule has 1 aliphatic rings. The van der Waals surface area contributed by atoms with Crippen molar-refractivity contribution in [2.75, 3.05) is 13.2 Å². The molecular weight excluding hydrogens is 252 g/mol. The first-order valence-electron chi connectivity index (χ1n) is 7.20. The fourth-order valence-corrected chi connectivity index (χ4v) is 2.70. The molecule has 2 unspecified atom stereocenters. The predicted octanol–water partition coefficient (Wildman–Crippen LogP) is 2.32. The van der Waals surface area contributed by atoms with Gasteiger partial charge in [-0.15, -0.1) is 0 Å². The monoisotopic (exact) mass is 276 g/mol. The Labute approximate surface area is 121 Å². The van der Waals surface area contributed by atoms with Crippen LogP contribution in [0.25, 0.3) is 0 Å². The number of carbonyl (C=O) groups is 1.